The van der Waals surface area contributed by atoms with Crippen molar-refractivity contribution in [2.75, 3.05) is 5.32 Å². The van der Waals surface area contributed by atoms with Gasteiger partial charge in [-0.2, -0.15) is 0 Å². The van der Waals surface area contributed by atoms with Crippen LogP contribution >= 0.6 is 22.9 Å². The van der Waals surface area contributed by atoms with E-state index < -0.39 is 11.9 Å². The van der Waals surface area contributed by atoms with E-state index in [1.54, 1.807) is 12.3 Å². The number of aromatic amines is 1. The lowest BCUT2D eigenvalue weighted by Crippen LogP contribution is -2.14. The number of aryl methyl sites for hydroxylation is 1. The fourth-order valence-electron chi connectivity index (χ4n) is 1.44. The second-order valence-corrected chi connectivity index (χ2v) is 4.93. The molecule has 0 bridgehead atoms. The summed E-state index contributed by atoms with van der Waals surface area (Å²) in [6.07, 6.45) is 1.48. The Hall–Kier alpha value is -1.79. The molecular formula is C11H9ClN2O3S. The van der Waals surface area contributed by atoms with Gasteiger partial charge in [-0.15, -0.1) is 11.3 Å². The molecule has 0 saturated heterocycles. The molecule has 5 nitrogen and oxygen atoms in total. The highest BCUT2D eigenvalue weighted by molar-refractivity contribution is 7.12. The summed E-state index contributed by atoms with van der Waals surface area (Å²) >= 11 is 6.77. The molecule has 0 fully saturated rings. The number of anilines is 1. The number of nitrogens with one attached hydrogen (secondary N) is 2. The Bertz CT molecular complexity index is 618. The van der Waals surface area contributed by atoms with Crippen LogP contribution in [-0.2, 0) is 0 Å². The summed E-state index contributed by atoms with van der Waals surface area (Å²) in [5.41, 5.74) is 1.31. The molecule has 0 aromatic carbocycles. The van der Waals surface area contributed by atoms with Crippen LogP contribution in [0, 0.1) is 6.92 Å². The summed E-state index contributed by atoms with van der Waals surface area (Å²) in [5.74, 6) is -1.49. The molecule has 0 radical (unpaired) electrons. The van der Waals surface area contributed by atoms with Crippen LogP contribution in [0.15, 0.2) is 17.6 Å². The van der Waals surface area contributed by atoms with Crippen LogP contribution in [0.25, 0.3) is 0 Å². The Morgan fingerprint density at radius 1 is 1.50 bits per heavy atom. The van der Waals surface area contributed by atoms with Crippen molar-refractivity contribution in [3.63, 3.8) is 0 Å². The third-order valence-corrected chi connectivity index (χ3v) is 3.60. The summed E-state index contributed by atoms with van der Waals surface area (Å²) in [6.45, 7) is 1.74. The quantitative estimate of drug-likeness (QED) is 0.810. The van der Waals surface area contributed by atoms with Gasteiger partial charge in [-0.1, -0.05) is 11.6 Å². The summed E-state index contributed by atoms with van der Waals surface area (Å²) in [7, 11) is 0. The lowest BCUT2D eigenvalue weighted by Gasteiger charge is -2.04. The van der Waals surface area contributed by atoms with E-state index in [0.29, 0.717) is 16.3 Å². The average molecular weight is 285 g/mol. The maximum absolute atomic E-state index is 11.9. The molecule has 2 aromatic heterocycles. The first kappa shape index (κ1) is 12.7. The van der Waals surface area contributed by atoms with Crippen molar-refractivity contribution in [1.82, 2.24) is 4.98 Å². The first-order chi connectivity index (χ1) is 8.49. The predicted octanol–water partition coefficient (Wildman–Crippen LogP) is 2.99. The molecule has 0 aliphatic rings. The van der Waals surface area contributed by atoms with Crippen molar-refractivity contribution >= 4 is 40.5 Å². The minimum atomic E-state index is -1.06. The summed E-state index contributed by atoms with van der Waals surface area (Å²) < 4.78 is 0. The third kappa shape index (κ3) is 2.39. The van der Waals surface area contributed by atoms with Gasteiger partial charge in [0.2, 0.25) is 0 Å². The fourth-order valence-corrected chi connectivity index (χ4v) is 2.44. The minimum absolute atomic E-state index is 0.110. The van der Waals surface area contributed by atoms with E-state index in [0.717, 1.165) is 11.3 Å². The molecule has 2 heterocycles. The van der Waals surface area contributed by atoms with Crippen LogP contribution in [0.1, 0.15) is 25.7 Å². The standard InChI is InChI=1S/C11H9ClN2O3S/c1-5-4-18-9(11(16)17)8(5)14-10(15)7-2-6(12)3-13-7/h2-4,13H,1H3,(H,14,15)(H,16,17). The number of carbonyl (C=O) groups excluding carboxylic acids is 1. The number of carboxylic acid groups (broad SMARTS) is 1. The maximum Gasteiger partial charge on any atom is 0.348 e. The van der Waals surface area contributed by atoms with Crippen molar-refractivity contribution in [2.45, 2.75) is 6.92 Å². The average Bonchev–Trinajstić information content (AvgIpc) is 2.87. The first-order valence-corrected chi connectivity index (χ1v) is 6.21. The molecule has 0 spiro atoms. The molecule has 0 aliphatic heterocycles. The van der Waals surface area contributed by atoms with E-state index in [1.807, 2.05) is 0 Å². The third-order valence-electron chi connectivity index (χ3n) is 2.30. The summed E-state index contributed by atoms with van der Waals surface area (Å²) in [6, 6.07) is 1.47. The van der Waals surface area contributed by atoms with Crippen LogP contribution in [0.4, 0.5) is 5.69 Å². The number of hydrogen-bond donors (Lipinski definition) is 3. The molecule has 1 amide bonds. The second-order valence-electron chi connectivity index (χ2n) is 3.61. The van der Waals surface area contributed by atoms with Crippen molar-refractivity contribution < 1.29 is 14.7 Å². The number of aromatic nitrogens is 1. The van der Waals surface area contributed by atoms with Crippen LogP contribution in [-0.4, -0.2) is 22.0 Å². The highest BCUT2D eigenvalue weighted by Gasteiger charge is 2.18. The van der Waals surface area contributed by atoms with E-state index in [4.69, 9.17) is 16.7 Å². The number of halogens is 1. The zero-order valence-electron chi connectivity index (χ0n) is 9.28. The Morgan fingerprint density at radius 3 is 2.78 bits per heavy atom. The van der Waals surface area contributed by atoms with Crippen molar-refractivity contribution in [1.29, 1.82) is 0 Å². The molecule has 7 heteroatoms. The largest absolute Gasteiger partial charge is 0.477 e. The SMILES string of the molecule is Cc1csc(C(=O)O)c1NC(=O)c1cc(Cl)c[nH]1. The highest BCUT2D eigenvalue weighted by atomic mass is 35.5. The van der Waals surface area contributed by atoms with E-state index in [-0.39, 0.29) is 10.6 Å². The summed E-state index contributed by atoms with van der Waals surface area (Å²) in [5, 5.41) is 13.7. The Morgan fingerprint density at radius 2 is 2.22 bits per heavy atom. The van der Waals surface area contributed by atoms with Gasteiger partial charge >= 0.3 is 5.97 Å². The van der Waals surface area contributed by atoms with Gasteiger partial charge in [0.1, 0.15) is 10.6 Å². The minimum Gasteiger partial charge on any atom is -0.477 e. The smallest absolute Gasteiger partial charge is 0.348 e. The van der Waals surface area contributed by atoms with Crippen LogP contribution in [0.3, 0.4) is 0 Å². The number of H-pyrrole nitrogens is 1. The molecule has 0 atom stereocenters. The zero-order valence-corrected chi connectivity index (χ0v) is 10.9. The highest BCUT2D eigenvalue weighted by Crippen LogP contribution is 2.28. The molecule has 3 N–H and O–H groups in total. The number of thiophene rings is 1. The number of rotatable bonds is 3. The van der Waals surface area contributed by atoms with Gasteiger partial charge in [-0.3, -0.25) is 4.79 Å². The molecule has 94 valence electrons. The molecule has 18 heavy (non-hydrogen) atoms. The van der Waals surface area contributed by atoms with E-state index in [1.165, 1.54) is 12.3 Å². The monoisotopic (exact) mass is 284 g/mol. The Labute approximate surface area is 111 Å². The Balaban J connectivity index is 2.27. The van der Waals surface area contributed by atoms with E-state index in [2.05, 4.69) is 10.3 Å². The van der Waals surface area contributed by atoms with Gasteiger partial charge in [-0.05, 0) is 23.9 Å². The first-order valence-electron chi connectivity index (χ1n) is 4.95. The van der Waals surface area contributed by atoms with Gasteiger partial charge in [0.25, 0.3) is 5.91 Å². The topological polar surface area (TPSA) is 82.2 Å². The normalized spacial score (nSPS) is 10.3. The molecule has 2 aromatic rings. The Kier molecular flexibility index (Phi) is 3.40. The molecule has 2 rings (SSSR count). The van der Waals surface area contributed by atoms with Crippen molar-refractivity contribution in [2.24, 2.45) is 0 Å². The van der Waals surface area contributed by atoms with Gasteiger partial charge in [-0.25, -0.2) is 4.79 Å². The van der Waals surface area contributed by atoms with E-state index >= 15 is 0 Å². The van der Waals surface area contributed by atoms with Gasteiger partial charge < -0.3 is 15.4 Å². The van der Waals surface area contributed by atoms with Crippen molar-refractivity contribution in [3.05, 3.63) is 38.8 Å². The predicted molar refractivity (Wildman–Crippen MR) is 69.8 cm³/mol. The number of carbonyl (C=O) groups is 2. The number of amides is 1. The number of carboxylic acids is 1. The van der Waals surface area contributed by atoms with Crippen LogP contribution in [0.5, 0.6) is 0 Å². The number of hydrogen-bond acceptors (Lipinski definition) is 3. The van der Waals surface area contributed by atoms with Crippen LogP contribution < -0.4 is 5.32 Å². The lowest BCUT2D eigenvalue weighted by molar-refractivity contribution is 0.0703. The lowest BCUT2D eigenvalue weighted by atomic mass is 10.2. The maximum atomic E-state index is 11.9. The fraction of sp³-hybridized carbons (Fsp3) is 0.0909. The summed E-state index contributed by atoms with van der Waals surface area (Å²) in [4.78, 5) is 25.7. The zero-order chi connectivity index (χ0) is 13.3. The van der Waals surface area contributed by atoms with E-state index in [9.17, 15) is 9.59 Å². The number of aromatic carboxylic acids is 1. The van der Waals surface area contributed by atoms with Crippen LogP contribution in [0.2, 0.25) is 5.02 Å². The van der Waals surface area contributed by atoms with Gasteiger partial charge in [0, 0.05) is 6.20 Å². The molecular weight excluding hydrogens is 276 g/mol. The molecule has 0 aliphatic carbocycles. The second kappa shape index (κ2) is 4.83. The van der Waals surface area contributed by atoms with Gasteiger partial charge in [0.15, 0.2) is 0 Å². The van der Waals surface area contributed by atoms with Gasteiger partial charge in [0.05, 0.1) is 10.7 Å². The molecule has 0 saturated carbocycles. The molecule has 0 unspecified atom stereocenters. The van der Waals surface area contributed by atoms with Crippen molar-refractivity contribution in [3.8, 4) is 0 Å².